The number of hydrogen-bond donors (Lipinski definition) is 2. The van der Waals surface area contributed by atoms with Gasteiger partial charge in [0.2, 0.25) is 0 Å². The molecule has 0 saturated carbocycles. The summed E-state index contributed by atoms with van der Waals surface area (Å²) in [6.07, 6.45) is 3.93. The molecule has 4 rings (SSSR count). The second-order valence-corrected chi connectivity index (χ2v) is 7.36. The van der Waals surface area contributed by atoms with Crippen LogP contribution in [0.2, 0.25) is 0 Å². The van der Waals surface area contributed by atoms with Crippen LogP contribution in [0.25, 0.3) is 5.65 Å². The van der Waals surface area contributed by atoms with Gasteiger partial charge in [-0.25, -0.2) is 14.5 Å². The van der Waals surface area contributed by atoms with Gasteiger partial charge in [-0.1, -0.05) is 0 Å². The number of carbonyl (C=O) groups excluding carboxylic acids is 1. The standard InChI is InChI=1S/C17H20N6OS/c1-10-15(25-17(19-10)12-5-7-18-8-6-12)16(24)21-13-3-4-14-20-11(2)22-23(14)9-13/h3-4,9,12,18H,5-8H2,1-2H3,(H,21,24). The van der Waals surface area contributed by atoms with Gasteiger partial charge in [-0.15, -0.1) is 11.3 Å². The van der Waals surface area contributed by atoms with Crippen LogP contribution in [0.1, 0.15) is 45.0 Å². The molecule has 1 aliphatic heterocycles. The molecule has 0 aliphatic carbocycles. The highest BCUT2D eigenvalue weighted by Gasteiger charge is 2.22. The minimum atomic E-state index is -0.119. The van der Waals surface area contributed by atoms with Crippen molar-refractivity contribution in [2.75, 3.05) is 18.4 Å². The first-order valence-electron chi connectivity index (χ1n) is 8.42. The van der Waals surface area contributed by atoms with Crippen LogP contribution in [0.5, 0.6) is 0 Å². The summed E-state index contributed by atoms with van der Waals surface area (Å²) in [5.74, 6) is 1.04. The van der Waals surface area contributed by atoms with Crippen molar-refractivity contribution in [2.24, 2.45) is 0 Å². The van der Waals surface area contributed by atoms with E-state index in [0.29, 0.717) is 22.3 Å². The number of carbonyl (C=O) groups is 1. The number of amides is 1. The molecule has 1 fully saturated rings. The lowest BCUT2D eigenvalue weighted by Crippen LogP contribution is -2.26. The zero-order chi connectivity index (χ0) is 17.4. The molecule has 4 heterocycles. The molecule has 2 N–H and O–H groups in total. The number of hydrogen-bond acceptors (Lipinski definition) is 6. The fourth-order valence-corrected chi connectivity index (χ4v) is 4.26. The van der Waals surface area contributed by atoms with Gasteiger partial charge in [0, 0.05) is 5.92 Å². The maximum atomic E-state index is 12.7. The third kappa shape index (κ3) is 3.27. The van der Waals surface area contributed by atoms with Gasteiger partial charge in [0.1, 0.15) is 10.7 Å². The maximum absolute atomic E-state index is 12.7. The van der Waals surface area contributed by atoms with Crippen LogP contribution in [-0.4, -0.2) is 38.6 Å². The Morgan fingerprint density at radius 2 is 2.08 bits per heavy atom. The number of nitrogens with one attached hydrogen (secondary N) is 2. The fraction of sp³-hybridized carbons (Fsp3) is 0.412. The third-order valence-corrected chi connectivity index (χ3v) is 5.72. The van der Waals surface area contributed by atoms with E-state index in [4.69, 9.17) is 0 Å². The summed E-state index contributed by atoms with van der Waals surface area (Å²) in [4.78, 5) is 22.3. The fourth-order valence-electron chi connectivity index (χ4n) is 3.13. The molecule has 1 saturated heterocycles. The normalized spacial score (nSPS) is 15.6. The van der Waals surface area contributed by atoms with Crippen LogP contribution >= 0.6 is 11.3 Å². The van der Waals surface area contributed by atoms with Gasteiger partial charge in [-0.3, -0.25) is 4.79 Å². The highest BCUT2D eigenvalue weighted by atomic mass is 32.1. The van der Waals surface area contributed by atoms with E-state index in [1.54, 1.807) is 10.7 Å². The van der Waals surface area contributed by atoms with Crippen LogP contribution in [-0.2, 0) is 0 Å². The summed E-state index contributed by atoms with van der Waals surface area (Å²) in [5.41, 5.74) is 2.25. The Morgan fingerprint density at radius 3 is 2.88 bits per heavy atom. The van der Waals surface area contributed by atoms with E-state index in [9.17, 15) is 4.79 Å². The molecule has 0 aromatic carbocycles. The number of thiazole rings is 1. The molecular weight excluding hydrogens is 336 g/mol. The van der Waals surface area contributed by atoms with Gasteiger partial charge >= 0.3 is 0 Å². The topological polar surface area (TPSA) is 84.2 Å². The first-order valence-corrected chi connectivity index (χ1v) is 9.24. The van der Waals surface area contributed by atoms with E-state index < -0.39 is 0 Å². The van der Waals surface area contributed by atoms with Crippen molar-refractivity contribution >= 4 is 28.6 Å². The van der Waals surface area contributed by atoms with Crippen molar-refractivity contribution in [3.05, 3.63) is 39.7 Å². The molecular formula is C17H20N6OS. The molecule has 0 radical (unpaired) electrons. The van der Waals surface area contributed by atoms with Gasteiger partial charge in [-0.2, -0.15) is 5.10 Å². The van der Waals surface area contributed by atoms with Gasteiger partial charge in [0.15, 0.2) is 5.65 Å². The van der Waals surface area contributed by atoms with Crippen molar-refractivity contribution in [3.63, 3.8) is 0 Å². The number of fused-ring (bicyclic) bond motifs is 1. The van der Waals surface area contributed by atoms with Crippen molar-refractivity contribution in [2.45, 2.75) is 32.6 Å². The lowest BCUT2D eigenvalue weighted by Gasteiger charge is -2.20. The number of nitrogens with zero attached hydrogens (tertiary/aromatic N) is 4. The molecule has 0 unspecified atom stereocenters. The lowest BCUT2D eigenvalue weighted by molar-refractivity contribution is 0.103. The summed E-state index contributed by atoms with van der Waals surface area (Å²) in [6, 6.07) is 3.68. The monoisotopic (exact) mass is 356 g/mol. The SMILES string of the molecule is Cc1nc2ccc(NC(=O)c3sc(C4CCNCC4)nc3C)cn2n1. The molecule has 8 heteroatoms. The minimum Gasteiger partial charge on any atom is -0.320 e. The summed E-state index contributed by atoms with van der Waals surface area (Å²) in [5, 5.41) is 11.7. The average Bonchev–Trinajstić information content (AvgIpc) is 3.17. The van der Waals surface area contributed by atoms with Crippen LogP contribution in [0.15, 0.2) is 18.3 Å². The van der Waals surface area contributed by atoms with Gasteiger partial charge in [0.05, 0.1) is 22.6 Å². The predicted molar refractivity (Wildman–Crippen MR) is 97.4 cm³/mol. The first-order chi connectivity index (χ1) is 12.1. The molecule has 0 atom stereocenters. The molecule has 0 bridgehead atoms. The molecule has 7 nitrogen and oxygen atoms in total. The third-order valence-electron chi connectivity index (χ3n) is 4.40. The molecule has 0 spiro atoms. The van der Waals surface area contributed by atoms with Crippen molar-refractivity contribution in [3.8, 4) is 0 Å². The number of pyridine rings is 1. The highest BCUT2D eigenvalue weighted by molar-refractivity contribution is 7.14. The second kappa shape index (κ2) is 6.53. The number of aromatic nitrogens is 4. The Kier molecular flexibility index (Phi) is 4.22. The quantitative estimate of drug-likeness (QED) is 0.753. The Morgan fingerprint density at radius 1 is 1.28 bits per heavy atom. The molecule has 25 heavy (non-hydrogen) atoms. The summed E-state index contributed by atoms with van der Waals surface area (Å²) in [6.45, 7) is 5.78. The Labute approximate surface area is 149 Å². The molecule has 1 aliphatic rings. The van der Waals surface area contributed by atoms with Crippen molar-refractivity contribution < 1.29 is 4.79 Å². The van der Waals surface area contributed by atoms with E-state index in [2.05, 4.69) is 25.7 Å². The molecule has 3 aromatic rings. The van der Waals surface area contributed by atoms with E-state index in [-0.39, 0.29) is 5.91 Å². The van der Waals surface area contributed by atoms with E-state index in [1.807, 2.05) is 26.0 Å². The van der Waals surface area contributed by atoms with Gasteiger partial charge < -0.3 is 10.6 Å². The largest absolute Gasteiger partial charge is 0.320 e. The molecule has 3 aromatic heterocycles. The Hall–Kier alpha value is -2.32. The van der Waals surface area contributed by atoms with E-state index in [0.717, 1.165) is 42.3 Å². The molecule has 130 valence electrons. The van der Waals surface area contributed by atoms with Crippen molar-refractivity contribution in [1.82, 2.24) is 24.9 Å². The number of rotatable bonds is 3. The zero-order valence-corrected chi connectivity index (χ0v) is 15.1. The van der Waals surface area contributed by atoms with Crippen LogP contribution < -0.4 is 10.6 Å². The second-order valence-electron chi connectivity index (χ2n) is 6.32. The lowest BCUT2D eigenvalue weighted by atomic mass is 9.99. The van der Waals surface area contributed by atoms with Crippen LogP contribution in [0.3, 0.4) is 0 Å². The summed E-state index contributed by atoms with van der Waals surface area (Å²) >= 11 is 1.52. The summed E-state index contributed by atoms with van der Waals surface area (Å²) < 4.78 is 1.67. The van der Waals surface area contributed by atoms with E-state index >= 15 is 0 Å². The first kappa shape index (κ1) is 16.2. The number of piperidine rings is 1. The summed E-state index contributed by atoms with van der Waals surface area (Å²) in [7, 11) is 0. The Balaban J connectivity index is 1.54. The predicted octanol–water partition coefficient (Wildman–Crippen LogP) is 2.52. The highest BCUT2D eigenvalue weighted by Crippen LogP contribution is 2.31. The van der Waals surface area contributed by atoms with Gasteiger partial charge in [0.25, 0.3) is 5.91 Å². The minimum absolute atomic E-state index is 0.119. The van der Waals surface area contributed by atoms with Crippen LogP contribution in [0, 0.1) is 13.8 Å². The zero-order valence-electron chi connectivity index (χ0n) is 14.2. The van der Waals surface area contributed by atoms with Crippen LogP contribution in [0.4, 0.5) is 5.69 Å². The number of aryl methyl sites for hydroxylation is 2. The van der Waals surface area contributed by atoms with Gasteiger partial charge in [-0.05, 0) is 51.9 Å². The number of anilines is 1. The maximum Gasteiger partial charge on any atom is 0.267 e. The average molecular weight is 356 g/mol. The smallest absolute Gasteiger partial charge is 0.267 e. The Bertz CT molecular complexity index is 925. The molecule has 1 amide bonds. The van der Waals surface area contributed by atoms with Crippen molar-refractivity contribution in [1.29, 1.82) is 0 Å². The van der Waals surface area contributed by atoms with E-state index in [1.165, 1.54) is 11.3 Å².